The zero-order valence-corrected chi connectivity index (χ0v) is 8.02. The smallest absolute Gasteiger partial charge is 0.388 e. The molecule has 5 nitrogen and oxygen atoms in total. The minimum absolute atomic E-state index is 0.199. The fraction of sp³-hybridized carbons (Fsp3) is 0.125. The van der Waals surface area contributed by atoms with Crippen LogP contribution in [0.5, 0.6) is 0 Å². The molecule has 0 amide bonds. The first-order chi connectivity index (χ1) is 6.68. The summed E-state index contributed by atoms with van der Waals surface area (Å²) in [5, 5.41) is 4.26. The van der Waals surface area contributed by atoms with Gasteiger partial charge in [-0.05, 0) is 6.07 Å². The SMILES string of the molecule is Cn1nc(-c2ccncc2Cl)oc1=O. The molecule has 0 bridgehead atoms. The van der Waals surface area contributed by atoms with Crippen LogP contribution in [0.15, 0.2) is 27.7 Å². The number of nitrogens with zero attached hydrogens (tertiary/aromatic N) is 3. The predicted octanol–water partition coefficient (Wildman–Crippen LogP) is 1.09. The second-order valence-corrected chi connectivity index (χ2v) is 3.06. The maximum Gasteiger partial charge on any atom is 0.437 e. The number of halogens is 1. The molecule has 0 aromatic carbocycles. The van der Waals surface area contributed by atoms with Gasteiger partial charge >= 0.3 is 5.76 Å². The molecule has 14 heavy (non-hydrogen) atoms. The van der Waals surface area contributed by atoms with Crippen LogP contribution in [0.25, 0.3) is 11.5 Å². The first kappa shape index (κ1) is 8.96. The van der Waals surface area contributed by atoms with Crippen LogP contribution in [0.4, 0.5) is 0 Å². The molecule has 72 valence electrons. The number of pyridine rings is 1. The van der Waals surface area contributed by atoms with Crippen LogP contribution in [0.1, 0.15) is 0 Å². The van der Waals surface area contributed by atoms with Gasteiger partial charge in [-0.3, -0.25) is 4.98 Å². The molecule has 0 radical (unpaired) electrons. The van der Waals surface area contributed by atoms with E-state index in [0.29, 0.717) is 10.6 Å². The lowest BCUT2D eigenvalue weighted by Gasteiger charge is -1.95. The van der Waals surface area contributed by atoms with Crippen molar-refractivity contribution in [2.24, 2.45) is 7.05 Å². The van der Waals surface area contributed by atoms with Gasteiger partial charge in [-0.25, -0.2) is 4.79 Å². The molecule has 0 spiro atoms. The van der Waals surface area contributed by atoms with E-state index in [4.69, 9.17) is 16.0 Å². The summed E-state index contributed by atoms with van der Waals surface area (Å²) in [5.74, 6) is -0.322. The molecular weight excluding hydrogens is 206 g/mol. The average Bonchev–Trinajstić information content (AvgIpc) is 2.48. The second-order valence-electron chi connectivity index (χ2n) is 2.65. The van der Waals surface area contributed by atoms with Crippen molar-refractivity contribution in [2.45, 2.75) is 0 Å². The van der Waals surface area contributed by atoms with Crippen molar-refractivity contribution in [3.63, 3.8) is 0 Å². The first-order valence-electron chi connectivity index (χ1n) is 3.82. The largest absolute Gasteiger partial charge is 0.437 e. The van der Waals surface area contributed by atoms with Crippen LogP contribution in [0, 0.1) is 0 Å². The fourth-order valence-electron chi connectivity index (χ4n) is 1.00. The highest BCUT2D eigenvalue weighted by Crippen LogP contribution is 2.23. The highest BCUT2D eigenvalue weighted by Gasteiger charge is 2.10. The van der Waals surface area contributed by atoms with Gasteiger partial charge in [0.2, 0.25) is 0 Å². The minimum Gasteiger partial charge on any atom is -0.388 e. The zero-order chi connectivity index (χ0) is 10.1. The summed E-state index contributed by atoms with van der Waals surface area (Å²) in [5.41, 5.74) is 0.555. The van der Waals surface area contributed by atoms with E-state index < -0.39 is 5.76 Å². The van der Waals surface area contributed by atoms with Gasteiger partial charge in [0.15, 0.2) is 0 Å². The summed E-state index contributed by atoms with van der Waals surface area (Å²) in [4.78, 5) is 14.8. The van der Waals surface area contributed by atoms with E-state index in [1.54, 1.807) is 12.3 Å². The van der Waals surface area contributed by atoms with Gasteiger partial charge in [0.05, 0.1) is 10.6 Å². The maximum absolute atomic E-state index is 11.0. The summed E-state index contributed by atoms with van der Waals surface area (Å²) in [6.07, 6.45) is 3.02. The highest BCUT2D eigenvalue weighted by molar-refractivity contribution is 6.32. The Morgan fingerprint density at radius 1 is 1.57 bits per heavy atom. The lowest BCUT2D eigenvalue weighted by Crippen LogP contribution is -2.09. The molecule has 2 aromatic heterocycles. The lowest BCUT2D eigenvalue weighted by atomic mass is 10.3. The third-order valence-corrected chi connectivity index (χ3v) is 1.99. The number of aryl methyl sites for hydroxylation is 1. The Labute approximate surface area is 83.9 Å². The number of hydrogen-bond donors (Lipinski definition) is 0. The third kappa shape index (κ3) is 1.42. The van der Waals surface area contributed by atoms with Gasteiger partial charge < -0.3 is 4.42 Å². The van der Waals surface area contributed by atoms with E-state index in [1.807, 2.05) is 0 Å². The summed E-state index contributed by atoms with van der Waals surface area (Å²) in [7, 11) is 1.50. The minimum atomic E-state index is -0.520. The van der Waals surface area contributed by atoms with Crippen LogP contribution in [-0.4, -0.2) is 14.8 Å². The molecule has 2 aromatic rings. The van der Waals surface area contributed by atoms with Gasteiger partial charge in [-0.2, -0.15) is 4.68 Å². The van der Waals surface area contributed by atoms with E-state index in [0.717, 1.165) is 4.68 Å². The van der Waals surface area contributed by atoms with Crippen molar-refractivity contribution < 1.29 is 4.42 Å². The topological polar surface area (TPSA) is 60.9 Å². The predicted molar refractivity (Wildman–Crippen MR) is 50.0 cm³/mol. The molecule has 0 fully saturated rings. The standard InChI is InChI=1S/C8H6ClN3O2/c1-12-8(13)14-7(11-12)5-2-3-10-4-6(5)9/h2-4H,1H3. The molecule has 0 aliphatic rings. The molecule has 0 saturated heterocycles. The number of aromatic nitrogens is 3. The summed E-state index contributed by atoms with van der Waals surface area (Å²) < 4.78 is 5.97. The molecule has 6 heteroatoms. The van der Waals surface area contributed by atoms with E-state index in [-0.39, 0.29) is 5.89 Å². The Morgan fingerprint density at radius 3 is 2.93 bits per heavy atom. The summed E-state index contributed by atoms with van der Waals surface area (Å²) in [6.45, 7) is 0. The Hall–Kier alpha value is -1.62. The van der Waals surface area contributed by atoms with Crippen LogP contribution in [-0.2, 0) is 7.05 Å². The zero-order valence-electron chi connectivity index (χ0n) is 7.27. The molecule has 2 heterocycles. The van der Waals surface area contributed by atoms with Crippen LogP contribution in [0.2, 0.25) is 5.02 Å². The van der Waals surface area contributed by atoms with Crippen molar-refractivity contribution in [1.82, 2.24) is 14.8 Å². The van der Waals surface area contributed by atoms with Gasteiger partial charge in [0, 0.05) is 19.4 Å². The molecule has 0 unspecified atom stereocenters. The highest BCUT2D eigenvalue weighted by atomic mass is 35.5. The molecule has 0 aliphatic heterocycles. The average molecular weight is 212 g/mol. The normalized spacial score (nSPS) is 10.4. The molecule has 0 saturated carbocycles. The lowest BCUT2D eigenvalue weighted by molar-refractivity contribution is 0.505. The van der Waals surface area contributed by atoms with Crippen LogP contribution < -0.4 is 5.76 Å². The van der Waals surface area contributed by atoms with Crippen molar-refractivity contribution in [1.29, 1.82) is 0 Å². The van der Waals surface area contributed by atoms with Gasteiger partial charge in [-0.15, -0.1) is 5.10 Å². The Balaban J connectivity index is 2.60. The fourth-order valence-corrected chi connectivity index (χ4v) is 1.20. The van der Waals surface area contributed by atoms with Crippen LogP contribution in [0.3, 0.4) is 0 Å². The number of rotatable bonds is 1. The molecule has 2 rings (SSSR count). The van der Waals surface area contributed by atoms with E-state index in [1.165, 1.54) is 13.2 Å². The Bertz CT molecular complexity index is 517. The Kier molecular flexibility index (Phi) is 2.09. The summed E-state index contributed by atoms with van der Waals surface area (Å²) >= 11 is 5.85. The molecular formula is C8H6ClN3O2. The second kappa shape index (κ2) is 3.26. The van der Waals surface area contributed by atoms with Gasteiger partial charge in [-0.1, -0.05) is 11.6 Å². The van der Waals surface area contributed by atoms with Crippen LogP contribution >= 0.6 is 11.6 Å². The van der Waals surface area contributed by atoms with Crippen molar-refractivity contribution in [2.75, 3.05) is 0 Å². The van der Waals surface area contributed by atoms with E-state index in [9.17, 15) is 4.79 Å². The Morgan fingerprint density at radius 2 is 2.36 bits per heavy atom. The van der Waals surface area contributed by atoms with Crippen molar-refractivity contribution >= 4 is 11.6 Å². The van der Waals surface area contributed by atoms with Gasteiger partial charge in [0.1, 0.15) is 0 Å². The maximum atomic E-state index is 11.0. The third-order valence-electron chi connectivity index (χ3n) is 1.69. The number of hydrogen-bond acceptors (Lipinski definition) is 4. The van der Waals surface area contributed by atoms with Crippen molar-refractivity contribution in [3.05, 3.63) is 34.0 Å². The molecule has 0 aliphatic carbocycles. The quantitative estimate of drug-likeness (QED) is 0.709. The van der Waals surface area contributed by atoms with E-state index in [2.05, 4.69) is 10.1 Å². The molecule has 0 atom stereocenters. The monoisotopic (exact) mass is 211 g/mol. The summed E-state index contributed by atoms with van der Waals surface area (Å²) in [6, 6.07) is 1.63. The van der Waals surface area contributed by atoms with Gasteiger partial charge in [0.25, 0.3) is 5.89 Å². The van der Waals surface area contributed by atoms with E-state index >= 15 is 0 Å². The molecule has 0 N–H and O–H groups in total. The first-order valence-corrected chi connectivity index (χ1v) is 4.20. The van der Waals surface area contributed by atoms with Crippen molar-refractivity contribution in [3.8, 4) is 11.5 Å².